The van der Waals surface area contributed by atoms with Crippen LogP contribution in [0, 0.1) is 0 Å². The molecule has 1 aromatic rings. The van der Waals surface area contributed by atoms with Crippen molar-refractivity contribution < 1.29 is 34.6 Å². The summed E-state index contributed by atoms with van der Waals surface area (Å²) in [7, 11) is 0. The van der Waals surface area contributed by atoms with Crippen molar-refractivity contribution in [2.24, 2.45) is 0 Å². The van der Waals surface area contributed by atoms with E-state index in [9.17, 15) is 20.4 Å². The summed E-state index contributed by atoms with van der Waals surface area (Å²) < 4.78 is 20.2. The molecular formula is C19H31NO7S. The lowest BCUT2D eigenvalue weighted by Gasteiger charge is -2.39. The fraction of sp³-hybridized carbons (Fsp3) is 0.684. The van der Waals surface area contributed by atoms with Gasteiger partial charge in [0.15, 0.2) is 0 Å². The molecule has 1 saturated heterocycles. The first-order chi connectivity index (χ1) is 13.2. The third-order valence-electron chi connectivity index (χ3n) is 4.13. The van der Waals surface area contributed by atoms with Gasteiger partial charge < -0.3 is 39.4 Å². The molecule has 9 heteroatoms. The first-order valence-corrected chi connectivity index (χ1v) is 10.3. The second-order valence-electron chi connectivity index (χ2n) is 7.58. The number of ether oxygens (including phenoxy) is 3. The summed E-state index contributed by atoms with van der Waals surface area (Å²) in [6.07, 6.45) is -6.64. The zero-order valence-electron chi connectivity index (χ0n) is 16.7. The van der Waals surface area contributed by atoms with Gasteiger partial charge in [-0.3, -0.25) is 0 Å². The van der Waals surface area contributed by atoms with Crippen molar-refractivity contribution in [3.63, 3.8) is 0 Å². The Labute approximate surface area is 169 Å². The standard InChI is InChI=1S/C19H31NO7S/c1-5-28-20-12-8-11(10-25-19(2,3)4)6-7-13(12)26-18-17(24)16(23)15(22)14(9-21)27-18/h6-8,14-18,20-24H,5,9-10H2,1-4H3. The molecule has 1 aliphatic rings. The molecule has 1 heterocycles. The molecule has 1 aromatic carbocycles. The summed E-state index contributed by atoms with van der Waals surface area (Å²) in [5, 5.41) is 39.3. The molecule has 1 fully saturated rings. The van der Waals surface area contributed by atoms with Crippen molar-refractivity contribution in [2.45, 2.75) is 70.6 Å². The van der Waals surface area contributed by atoms with Crippen LogP contribution in [0.4, 0.5) is 5.69 Å². The minimum absolute atomic E-state index is 0.267. The van der Waals surface area contributed by atoms with Crippen LogP contribution in [0.15, 0.2) is 18.2 Å². The van der Waals surface area contributed by atoms with E-state index in [1.165, 1.54) is 11.9 Å². The Morgan fingerprint density at radius 3 is 2.46 bits per heavy atom. The Bertz CT molecular complexity index is 623. The summed E-state index contributed by atoms with van der Waals surface area (Å²) in [5.74, 6) is 1.23. The van der Waals surface area contributed by atoms with Crippen LogP contribution >= 0.6 is 11.9 Å². The quantitative estimate of drug-likeness (QED) is 0.398. The maximum absolute atomic E-state index is 10.2. The molecular weight excluding hydrogens is 386 g/mol. The van der Waals surface area contributed by atoms with Crippen LogP contribution in [0.5, 0.6) is 5.75 Å². The number of anilines is 1. The van der Waals surface area contributed by atoms with E-state index in [0.717, 1.165) is 11.3 Å². The van der Waals surface area contributed by atoms with Crippen LogP contribution in [0.3, 0.4) is 0 Å². The second kappa shape index (κ2) is 10.1. The summed E-state index contributed by atoms with van der Waals surface area (Å²) in [5.41, 5.74) is 1.34. The molecule has 2 rings (SSSR count). The highest BCUT2D eigenvalue weighted by Gasteiger charge is 2.44. The average molecular weight is 418 g/mol. The van der Waals surface area contributed by atoms with Crippen LogP contribution < -0.4 is 9.46 Å². The van der Waals surface area contributed by atoms with Gasteiger partial charge in [-0.05, 0) is 38.5 Å². The Morgan fingerprint density at radius 1 is 1.14 bits per heavy atom. The molecule has 5 atom stereocenters. The predicted octanol–water partition coefficient (Wildman–Crippen LogP) is 1.26. The number of hydrogen-bond acceptors (Lipinski definition) is 9. The molecule has 0 aliphatic carbocycles. The van der Waals surface area contributed by atoms with Crippen molar-refractivity contribution >= 4 is 17.6 Å². The molecule has 5 N–H and O–H groups in total. The fourth-order valence-corrected chi connectivity index (χ4v) is 3.05. The maximum atomic E-state index is 10.2. The van der Waals surface area contributed by atoms with Crippen molar-refractivity contribution in [3.05, 3.63) is 23.8 Å². The molecule has 0 aromatic heterocycles. The van der Waals surface area contributed by atoms with E-state index in [2.05, 4.69) is 4.72 Å². The fourth-order valence-electron chi connectivity index (χ4n) is 2.59. The van der Waals surface area contributed by atoms with Gasteiger partial charge in [0.2, 0.25) is 6.29 Å². The van der Waals surface area contributed by atoms with E-state index in [1.807, 2.05) is 39.8 Å². The van der Waals surface area contributed by atoms with Gasteiger partial charge in [0.25, 0.3) is 0 Å². The maximum Gasteiger partial charge on any atom is 0.229 e. The largest absolute Gasteiger partial charge is 0.460 e. The number of hydrogen-bond donors (Lipinski definition) is 5. The van der Waals surface area contributed by atoms with Gasteiger partial charge in [-0.25, -0.2) is 0 Å². The molecule has 0 bridgehead atoms. The summed E-state index contributed by atoms with van der Waals surface area (Å²) in [4.78, 5) is 0. The van der Waals surface area contributed by atoms with Crippen LogP contribution in [-0.4, -0.2) is 69.1 Å². The number of aliphatic hydroxyl groups is 4. The van der Waals surface area contributed by atoms with Crippen molar-refractivity contribution in [3.8, 4) is 5.75 Å². The second-order valence-corrected chi connectivity index (χ2v) is 8.65. The highest BCUT2D eigenvalue weighted by Crippen LogP contribution is 2.32. The van der Waals surface area contributed by atoms with Crippen LogP contribution in [-0.2, 0) is 16.1 Å². The Balaban J connectivity index is 2.18. The highest BCUT2D eigenvalue weighted by atomic mass is 32.2. The van der Waals surface area contributed by atoms with Crippen molar-refractivity contribution in [1.82, 2.24) is 0 Å². The molecule has 0 saturated carbocycles. The van der Waals surface area contributed by atoms with E-state index < -0.39 is 37.3 Å². The van der Waals surface area contributed by atoms with Gasteiger partial charge >= 0.3 is 0 Å². The first-order valence-electron chi connectivity index (χ1n) is 9.28. The Kier molecular flexibility index (Phi) is 8.38. The lowest BCUT2D eigenvalue weighted by molar-refractivity contribution is -0.277. The number of benzene rings is 1. The van der Waals surface area contributed by atoms with Gasteiger partial charge in [0.1, 0.15) is 30.2 Å². The van der Waals surface area contributed by atoms with Crippen LogP contribution in [0.25, 0.3) is 0 Å². The summed E-state index contributed by atoms with van der Waals surface area (Å²) in [6.45, 7) is 7.86. The minimum Gasteiger partial charge on any atom is -0.460 e. The molecule has 5 unspecified atom stereocenters. The van der Waals surface area contributed by atoms with Gasteiger partial charge in [0.05, 0.1) is 24.5 Å². The van der Waals surface area contributed by atoms with Gasteiger partial charge in [-0.2, -0.15) is 0 Å². The van der Waals surface area contributed by atoms with Crippen LogP contribution in [0.2, 0.25) is 0 Å². The van der Waals surface area contributed by atoms with Gasteiger partial charge in [0, 0.05) is 5.75 Å². The van der Waals surface area contributed by atoms with Crippen LogP contribution in [0.1, 0.15) is 33.3 Å². The molecule has 28 heavy (non-hydrogen) atoms. The van der Waals surface area contributed by atoms with Gasteiger partial charge in [-0.15, -0.1) is 0 Å². The lowest BCUT2D eigenvalue weighted by Crippen LogP contribution is -2.60. The molecule has 160 valence electrons. The number of nitrogens with one attached hydrogen (secondary N) is 1. The average Bonchev–Trinajstić information content (AvgIpc) is 2.65. The van der Waals surface area contributed by atoms with E-state index >= 15 is 0 Å². The molecule has 8 nitrogen and oxygen atoms in total. The van der Waals surface area contributed by atoms with Gasteiger partial charge in [-0.1, -0.05) is 24.9 Å². The number of rotatable bonds is 8. The highest BCUT2D eigenvalue weighted by molar-refractivity contribution is 8.00. The Morgan fingerprint density at radius 2 is 1.86 bits per heavy atom. The number of aliphatic hydroxyl groups excluding tert-OH is 4. The first kappa shape index (κ1) is 23.2. The molecule has 1 aliphatic heterocycles. The van der Waals surface area contributed by atoms with E-state index in [-0.39, 0.29) is 5.60 Å². The smallest absolute Gasteiger partial charge is 0.229 e. The third kappa shape index (κ3) is 6.21. The van der Waals surface area contributed by atoms with E-state index in [0.29, 0.717) is 18.0 Å². The Hall–Kier alpha value is -1.07. The molecule has 0 radical (unpaired) electrons. The SMILES string of the molecule is CCSNc1cc(COC(C)(C)C)ccc1OC1OC(CO)C(O)C(O)C1O. The summed E-state index contributed by atoms with van der Waals surface area (Å²) >= 11 is 1.47. The zero-order chi connectivity index (χ0) is 20.9. The van der Waals surface area contributed by atoms with E-state index in [1.54, 1.807) is 6.07 Å². The molecule has 0 amide bonds. The third-order valence-corrected chi connectivity index (χ3v) is 4.79. The predicted molar refractivity (Wildman–Crippen MR) is 107 cm³/mol. The topological polar surface area (TPSA) is 121 Å². The monoisotopic (exact) mass is 417 g/mol. The lowest BCUT2D eigenvalue weighted by atomic mass is 9.99. The normalized spacial score (nSPS) is 28.2. The molecule has 0 spiro atoms. The minimum atomic E-state index is -1.49. The van der Waals surface area contributed by atoms with Crippen molar-refractivity contribution in [2.75, 3.05) is 17.1 Å². The van der Waals surface area contributed by atoms with Crippen molar-refractivity contribution in [1.29, 1.82) is 0 Å². The summed E-state index contributed by atoms with van der Waals surface area (Å²) in [6, 6.07) is 5.45. The zero-order valence-corrected chi connectivity index (χ0v) is 17.5. The van der Waals surface area contributed by atoms with E-state index in [4.69, 9.17) is 14.2 Å².